The van der Waals surface area contributed by atoms with Crippen LogP contribution in [-0.4, -0.2) is 47.8 Å². The van der Waals surface area contributed by atoms with Crippen LogP contribution in [0.4, 0.5) is 10.5 Å². The second kappa shape index (κ2) is 10.8. The van der Waals surface area contributed by atoms with Crippen LogP contribution in [0.2, 0.25) is 0 Å². The molecule has 0 bridgehead atoms. The van der Waals surface area contributed by atoms with E-state index in [1.165, 1.54) is 6.26 Å². The van der Waals surface area contributed by atoms with Crippen LogP contribution in [0.15, 0.2) is 90.3 Å². The molecular weight excluding hydrogens is 442 g/mol. The van der Waals surface area contributed by atoms with Crippen LogP contribution >= 0.6 is 0 Å². The molecule has 2 atom stereocenters. The van der Waals surface area contributed by atoms with Crippen molar-refractivity contribution >= 4 is 22.5 Å². The summed E-state index contributed by atoms with van der Waals surface area (Å²) in [6, 6.07) is 12.8. The standard InChI is InChI=1S/C28H31N3O4/c32-27(26-19-34-18-25(35-26)21-9-2-1-3-10-21)24(17-31-14-6-7-15-31)30-28(33)29-23-13-12-20-8-4-5-11-22(20)16-23/h1-2,4-5,8-9,11-13,16,18-19,24,27,32H,3,6-7,10,14-15,17H2,(H2,29,30,33)/t24-,27-/m1/s1. The molecule has 0 aromatic heterocycles. The number of aliphatic hydroxyl groups excluding tert-OH is 1. The minimum absolute atomic E-state index is 0.285. The number of carbonyl (C=O) groups is 1. The number of allylic oxidation sites excluding steroid dienone is 4. The molecule has 2 aromatic rings. The third-order valence-corrected chi connectivity index (χ3v) is 6.57. The summed E-state index contributed by atoms with van der Waals surface area (Å²) in [5, 5.41) is 19.3. The van der Waals surface area contributed by atoms with Gasteiger partial charge in [-0.15, -0.1) is 0 Å². The van der Waals surface area contributed by atoms with Crippen molar-refractivity contribution in [2.75, 3.05) is 25.0 Å². The molecule has 2 heterocycles. The summed E-state index contributed by atoms with van der Waals surface area (Å²) >= 11 is 0. The lowest BCUT2D eigenvalue weighted by Crippen LogP contribution is -2.52. The van der Waals surface area contributed by atoms with Crippen LogP contribution < -0.4 is 10.6 Å². The van der Waals surface area contributed by atoms with E-state index in [9.17, 15) is 9.90 Å². The van der Waals surface area contributed by atoms with Gasteiger partial charge < -0.3 is 30.1 Å². The first-order valence-electron chi connectivity index (χ1n) is 12.2. The quantitative estimate of drug-likeness (QED) is 0.539. The molecule has 1 fully saturated rings. The molecule has 0 spiro atoms. The highest BCUT2D eigenvalue weighted by molar-refractivity contribution is 5.93. The van der Waals surface area contributed by atoms with Gasteiger partial charge in [-0.2, -0.15) is 0 Å². The molecule has 35 heavy (non-hydrogen) atoms. The van der Waals surface area contributed by atoms with E-state index in [2.05, 4.69) is 21.6 Å². The molecule has 2 aromatic carbocycles. The molecule has 2 aliphatic heterocycles. The molecule has 7 heteroatoms. The monoisotopic (exact) mass is 473 g/mol. The minimum atomic E-state index is -1.07. The molecule has 0 saturated carbocycles. The maximum absolute atomic E-state index is 13.0. The second-order valence-electron chi connectivity index (χ2n) is 9.12. The summed E-state index contributed by atoms with van der Waals surface area (Å²) in [5.74, 6) is 0.875. The number of benzene rings is 2. The van der Waals surface area contributed by atoms with Gasteiger partial charge in [0.2, 0.25) is 0 Å². The van der Waals surface area contributed by atoms with Crippen LogP contribution in [0.5, 0.6) is 0 Å². The fraction of sp³-hybridized carbons (Fsp3) is 0.321. The number of urea groups is 1. The van der Waals surface area contributed by atoms with Crippen molar-refractivity contribution in [2.45, 2.75) is 37.8 Å². The molecule has 3 N–H and O–H groups in total. The molecule has 3 aliphatic rings. The lowest BCUT2D eigenvalue weighted by Gasteiger charge is -2.30. The number of likely N-dealkylation sites (tertiary alicyclic amines) is 1. The van der Waals surface area contributed by atoms with Gasteiger partial charge in [-0.3, -0.25) is 0 Å². The minimum Gasteiger partial charge on any atom is -0.465 e. The Morgan fingerprint density at radius 3 is 2.71 bits per heavy atom. The number of aliphatic hydroxyl groups is 1. The largest absolute Gasteiger partial charge is 0.465 e. The first-order valence-corrected chi connectivity index (χ1v) is 12.2. The van der Waals surface area contributed by atoms with Crippen LogP contribution in [0.3, 0.4) is 0 Å². The summed E-state index contributed by atoms with van der Waals surface area (Å²) in [4.78, 5) is 15.2. The molecule has 7 nitrogen and oxygen atoms in total. The second-order valence-corrected chi connectivity index (χ2v) is 9.12. The number of nitrogens with zero attached hydrogens (tertiary/aromatic N) is 1. The van der Waals surface area contributed by atoms with Gasteiger partial charge in [-0.05, 0) is 67.3 Å². The van der Waals surface area contributed by atoms with Crippen LogP contribution in [0, 0.1) is 0 Å². The number of hydrogen-bond donors (Lipinski definition) is 3. The summed E-state index contributed by atoms with van der Waals surface area (Å²) in [6.07, 6.45) is 12.0. The van der Waals surface area contributed by atoms with Crippen molar-refractivity contribution in [3.8, 4) is 0 Å². The molecule has 0 unspecified atom stereocenters. The van der Waals surface area contributed by atoms with Gasteiger partial charge in [0.15, 0.2) is 11.5 Å². The van der Waals surface area contributed by atoms with Crippen molar-refractivity contribution in [2.24, 2.45) is 0 Å². The van der Waals surface area contributed by atoms with Gasteiger partial charge in [0.1, 0.15) is 18.6 Å². The molecule has 0 radical (unpaired) electrons. The van der Waals surface area contributed by atoms with E-state index < -0.39 is 12.1 Å². The Hall–Kier alpha value is -3.55. The van der Waals surface area contributed by atoms with Gasteiger partial charge in [0, 0.05) is 12.2 Å². The first kappa shape index (κ1) is 23.2. The Kier molecular flexibility index (Phi) is 7.16. The number of amides is 2. The van der Waals surface area contributed by atoms with Crippen LogP contribution in [0.25, 0.3) is 10.8 Å². The van der Waals surface area contributed by atoms with E-state index in [-0.39, 0.29) is 11.8 Å². The zero-order valence-corrected chi connectivity index (χ0v) is 19.7. The Balaban J connectivity index is 1.28. The van der Waals surface area contributed by atoms with E-state index in [1.807, 2.05) is 54.6 Å². The van der Waals surface area contributed by atoms with E-state index in [1.54, 1.807) is 6.26 Å². The van der Waals surface area contributed by atoms with E-state index >= 15 is 0 Å². The van der Waals surface area contributed by atoms with E-state index in [0.717, 1.165) is 55.1 Å². The Bertz CT molecular complexity index is 1190. The summed E-state index contributed by atoms with van der Waals surface area (Å²) in [7, 11) is 0. The predicted octanol–water partition coefficient (Wildman–Crippen LogP) is 4.79. The number of ether oxygens (including phenoxy) is 2. The highest BCUT2D eigenvalue weighted by Crippen LogP contribution is 2.28. The maximum Gasteiger partial charge on any atom is 0.319 e. The third kappa shape index (κ3) is 5.75. The topological polar surface area (TPSA) is 83.1 Å². The maximum atomic E-state index is 13.0. The SMILES string of the molecule is O=C(Nc1ccc2ccccc2c1)N[C@H](CN1CCCC1)[C@@H](O)C1=COC=C(C2=CC=CCC2)O1. The van der Waals surface area contributed by atoms with Crippen molar-refractivity contribution < 1.29 is 19.4 Å². The fourth-order valence-corrected chi connectivity index (χ4v) is 4.69. The van der Waals surface area contributed by atoms with E-state index in [0.29, 0.717) is 18.0 Å². The van der Waals surface area contributed by atoms with Crippen molar-refractivity contribution in [3.63, 3.8) is 0 Å². The Labute approximate surface area is 205 Å². The normalized spacial score (nSPS) is 19.6. The molecule has 182 valence electrons. The van der Waals surface area contributed by atoms with Gasteiger partial charge >= 0.3 is 6.03 Å². The van der Waals surface area contributed by atoms with Gasteiger partial charge in [-0.25, -0.2) is 4.79 Å². The summed E-state index contributed by atoms with van der Waals surface area (Å²) in [5.41, 5.74) is 1.71. The molecule has 1 saturated heterocycles. The van der Waals surface area contributed by atoms with Crippen molar-refractivity contribution in [1.29, 1.82) is 0 Å². The van der Waals surface area contributed by atoms with E-state index in [4.69, 9.17) is 9.47 Å². The summed E-state index contributed by atoms with van der Waals surface area (Å²) in [6.45, 7) is 2.40. The number of fused-ring (bicyclic) bond motifs is 1. The zero-order valence-electron chi connectivity index (χ0n) is 19.7. The average Bonchev–Trinajstić information content (AvgIpc) is 3.41. The fourth-order valence-electron chi connectivity index (χ4n) is 4.69. The Morgan fingerprint density at radius 2 is 1.91 bits per heavy atom. The predicted molar refractivity (Wildman–Crippen MR) is 136 cm³/mol. The molecule has 2 amide bonds. The smallest absolute Gasteiger partial charge is 0.319 e. The van der Waals surface area contributed by atoms with Crippen molar-refractivity contribution in [3.05, 3.63) is 90.3 Å². The lowest BCUT2D eigenvalue weighted by molar-refractivity contribution is 0.0750. The number of anilines is 1. The molecule has 5 rings (SSSR count). The Morgan fingerprint density at radius 1 is 1.09 bits per heavy atom. The number of carbonyl (C=O) groups excluding carboxylic acids is 1. The van der Waals surface area contributed by atoms with Gasteiger partial charge in [0.25, 0.3) is 0 Å². The lowest BCUT2D eigenvalue weighted by atomic mass is 10.0. The summed E-state index contributed by atoms with van der Waals surface area (Å²) < 4.78 is 11.6. The van der Waals surface area contributed by atoms with Crippen LogP contribution in [0.1, 0.15) is 25.7 Å². The molecule has 1 aliphatic carbocycles. The van der Waals surface area contributed by atoms with Crippen LogP contribution in [-0.2, 0) is 9.47 Å². The average molecular weight is 474 g/mol. The molecular formula is C28H31N3O4. The zero-order chi connectivity index (χ0) is 24.0. The van der Waals surface area contributed by atoms with Crippen molar-refractivity contribution in [1.82, 2.24) is 10.2 Å². The highest BCUT2D eigenvalue weighted by Gasteiger charge is 2.31. The van der Waals surface area contributed by atoms with Gasteiger partial charge in [-0.1, -0.05) is 48.6 Å². The number of nitrogens with one attached hydrogen (secondary N) is 2. The highest BCUT2D eigenvalue weighted by atomic mass is 16.6. The number of rotatable bonds is 7. The first-order chi connectivity index (χ1) is 17.2. The van der Waals surface area contributed by atoms with Gasteiger partial charge in [0.05, 0.1) is 6.04 Å². The number of hydrogen-bond acceptors (Lipinski definition) is 5. The third-order valence-electron chi connectivity index (χ3n) is 6.57.